The van der Waals surface area contributed by atoms with Crippen LogP contribution in [0.4, 0.5) is 0 Å². The zero-order valence-electron chi connectivity index (χ0n) is 18.9. The number of piperidine rings is 1. The lowest BCUT2D eigenvalue weighted by Crippen LogP contribution is -3.00. The molecule has 0 N–H and O–H groups in total. The number of benzene rings is 3. The number of esters is 1. The van der Waals surface area contributed by atoms with Crippen LogP contribution in [0.1, 0.15) is 41.6 Å². The van der Waals surface area contributed by atoms with Gasteiger partial charge in [0, 0.05) is 31.2 Å². The summed E-state index contributed by atoms with van der Waals surface area (Å²) in [6.45, 7) is 1.00. The smallest absolute Gasteiger partial charge is 0.338 e. The molecule has 2 atom stereocenters. The molecule has 4 nitrogen and oxygen atoms in total. The fraction of sp³-hybridized carbons (Fsp3) is 0.321. The molecule has 3 aromatic rings. The number of hydrogen-bond acceptors (Lipinski definition) is 3. The Morgan fingerprint density at radius 3 is 1.97 bits per heavy atom. The van der Waals surface area contributed by atoms with Gasteiger partial charge in [-0.05, 0) is 48.5 Å². The van der Waals surface area contributed by atoms with E-state index in [9.17, 15) is 4.79 Å². The largest absolute Gasteiger partial charge is 1.00 e. The molecule has 0 amide bonds. The molecule has 2 aliphatic rings. The standard InChI is InChI=1S/C28H30NO3.BrH/c1-29(20-21-12-16-26(17-13-21)31-25-10-6-3-7-11-25)23-14-15-24(29)19-27(18-23)32-28(30)22-8-4-2-5-9-22;/h2-13,16-17,23-24,27H,14-15,18-20H2,1H3;1H/q+1;/p-1. The molecule has 0 radical (unpaired) electrons. The van der Waals surface area contributed by atoms with Crippen LogP contribution in [0, 0.1) is 0 Å². The quantitative estimate of drug-likeness (QED) is 0.380. The number of para-hydroxylation sites is 1. The van der Waals surface area contributed by atoms with E-state index in [1.165, 1.54) is 18.4 Å². The van der Waals surface area contributed by atoms with Crippen molar-refractivity contribution >= 4 is 5.97 Å². The molecule has 33 heavy (non-hydrogen) atoms. The summed E-state index contributed by atoms with van der Waals surface area (Å²) in [4.78, 5) is 12.5. The molecule has 172 valence electrons. The molecular weight excluding hydrogens is 478 g/mol. The zero-order valence-corrected chi connectivity index (χ0v) is 20.5. The highest BCUT2D eigenvalue weighted by molar-refractivity contribution is 5.89. The number of halogens is 1. The first kappa shape index (κ1) is 23.5. The van der Waals surface area contributed by atoms with Crippen LogP contribution < -0.4 is 21.7 Å². The Morgan fingerprint density at radius 2 is 1.36 bits per heavy atom. The van der Waals surface area contributed by atoms with Crippen molar-refractivity contribution in [3.8, 4) is 11.5 Å². The molecular formula is C28H30BrNO3. The first-order valence-electron chi connectivity index (χ1n) is 11.5. The maximum absolute atomic E-state index is 12.5. The Morgan fingerprint density at radius 1 is 0.818 bits per heavy atom. The second kappa shape index (κ2) is 10.1. The van der Waals surface area contributed by atoms with Crippen LogP contribution in [-0.4, -0.2) is 35.7 Å². The normalized spacial score (nSPS) is 25.7. The average Bonchev–Trinajstić information content (AvgIpc) is 2.98. The fourth-order valence-corrected chi connectivity index (χ4v) is 5.52. The molecule has 2 aliphatic heterocycles. The minimum absolute atomic E-state index is 0. The van der Waals surface area contributed by atoms with E-state index >= 15 is 0 Å². The average molecular weight is 508 g/mol. The van der Waals surface area contributed by atoms with Gasteiger partial charge >= 0.3 is 5.97 Å². The van der Waals surface area contributed by atoms with Gasteiger partial charge in [-0.3, -0.25) is 0 Å². The molecule has 3 aromatic carbocycles. The molecule has 2 bridgehead atoms. The molecule has 2 saturated heterocycles. The van der Waals surface area contributed by atoms with E-state index in [0.29, 0.717) is 17.6 Å². The van der Waals surface area contributed by atoms with Gasteiger partial charge in [-0.25, -0.2) is 4.79 Å². The van der Waals surface area contributed by atoms with Crippen LogP contribution in [-0.2, 0) is 11.3 Å². The topological polar surface area (TPSA) is 35.5 Å². The van der Waals surface area contributed by atoms with Crippen LogP contribution in [0.3, 0.4) is 0 Å². The van der Waals surface area contributed by atoms with Crippen molar-refractivity contribution in [2.75, 3.05) is 7.05 Å². The van der Waals surface area contributed by atoms with Gasteiger partial charge in [0.05, 0.1) is 24.7 Å². The molecule has 2 heterocycles. The summed E-state index contributed by atoms with van der Waals surface area (Å²) in [5.41, 5.74) is 1.96. The lowest BCUT2D eigenvalue weighted by atomic mass is 9.95. The van der Waals surface area contributed by atoms with Crippen molar-refractivity contribution in [3.63, 3.8) is 0 Å². The number of nitrogens with zero attached hydrogens (tertiary/aromatic N) is 1. The van der Waals surface area contributed by atoms with E-state index in [1.54, 1.807) is 0 Å². The Kier molecular flexibility index (Phi) is 7.20. The van der Waals surface area contributed by atoms with Gasteiger partial charge in [0.2, 0.25) is 0 Å². The van der Waals surface area contributed by atoms with Crippen LogP contribution in [0.15, 0.2) is 84.9 Å². The van der Waals surface area contributed by atoms with Crippen LogP contribution in [0.25, 0.3) is 0 Å². The zero-order chi connectivity index (χ0) is 22.0. The second-order valence-corrected chi connectivity index (χ2v) is 9.31. The number of rotatable bonds is 6. The molecule has 5 rings (SSSR count). The summed E-state index contributed by atoms with van der Waals surface area (Å²) in [7, 11) is 2.38. The van der Waals surface area contributed by atoms with E-state index in [4.69, 9.17) is 9.47 Å². The van der Waals surface area contributed by atoms with Gasteiger partial charge < -0.3 is 30.9 Å². The number of carbonyl (C=O) groups is 1. The van der Waals surface area contributed by atoms with Crippen LogP contribution in [0.5, 0.6) is 11.5 Å². The highest BCUT2D eigenvalue weighted by Crippen LogP contribution is 2.43. The van der Waals surface area contributed by atoms with Gasteiger partial charge in [0.25, 0.3) is 0 Å². The van der Waals surface area contributed by atoms with E-state index in [2.05, 4.69) is 31.3 Å². The molecule has 0 aromatic heterocycles. The molecule has 2 unspecified atom stereocenters. The van der Waals surface area contributed by atoms with E-state index in [-0.39, 0.29) is 29.1 Å². The minimum Gasteiger partial charge on any atom is -1.00 e. The second-order valence-electron chi connectivity index (χ2n) is 9.31. The third-order valence-electron chi connectivity index (χ3n) is 7.28. The molecule has 0 aliphatic carbocycles. The van der Waals surface area contributed by atoms with Crippen LogP contribution in [0.2, 0.25) is 0 Å². The van der Waals surface area contributed by atoms with Crippen molar-refractivity contribution in [2.45, 2.75) is 50.4 Å². The fourth-order valence-electron chi connectivity index (χ4n) is 5.52. The van der Waals surface area contributed by atoms with Gasteiger partial charge in [0.15, 0.2) is 0 Å². The summed E-state index contributed by atoms with van der Waals surface area (Å²) in [5.74, 6) is 1.52. The first-order valence-corrected chi connectivity index (χ1v) is 11.5. The maximum atomic E-state index is 12.5. The first-order chi connectivity index (χ1) is 15.6. The molecule has 0 spiro atoms. The number of fused-ring (bicyclic) bond motifs is 2. The lowest BCUT2D eigenvalue weighted by molar-refractivity contribution is -0.961. The Hall–Kier alpha value is -2.63. The lowest BCUT2D eigenvalue weighted by Gasteiger charge is -2.46. The van der Waals surface area contributed by atoms with Gasteiger partial charge in [-0.2, -0.15) is 0 Å². The number of ether oxygens (including phenoxy) is 2. The third-order valence-corrected chi connectivity index (χ3v) is 7.28. The summed E-state index contributed by atoms with van der Waals surface area (Å²) in [5, 5.41) is 0. The SMILES string of the molecule is C[N+]1(Cc2ccc(Oc3ccccc3)cc2)C2CCC1CC(OC(=O)c1ccccc1)C2.[Br-]. The predicted octanol–water partition coefficient (Wildman–Crippen LogP) is 2.98. The Labute approximate surface area is 206 Å². The monoisotopic (exact) mass is 507 g/mol. The van der Waals surface area contributed by atoms with Gasteiger partial charge in [-0.15, -0.1) is 0 Å². The number of hydrogen-bond donors (Lipinski definition) is 0. The number of carbonyl (C=O) groups excluding carboxylic acids is 1. The molecule has 0 saturated carbocycles. The van der Waals surface area contributed by atoms with E-state index in [1.807, 2.05) is 60.7 Å². The van der Waals surface area contributed by atoms with Gasteiger partial charge in [-0.1, -0.05) is 36.4 Å². The molecule has 5 heteroatoms. The predicted molar refractivity (Wildman–Crippen MR) is 125 cm³/mol. The van der Waals surface area contributed by atoms with Crippen LogP contribution >= 0.6 is 0 Å². The summed E-state index contributed by atoms with van der Waals surface area (Å²) >= 11 is 0. The van der Waals surface area contributed by atoms with E-state index < -0.39 is 0 Å². The Balaban J connectivity index is 0.00000259. The molecule has 2 fully saturated rings. The highest BCUT2D eigenvalue weighted by atomic mass is 79.9. The van der Waals surface area contributed by atoms with Crippen molar-refractivity contribution in [3.05, 3.63) is 96.1 Å². The summed E-state index contributed by atoms with van der Waals surface area (Å²) in [6, 6.07) is 28.7. The number of quaternary nitrogens is 1. The summed E-state index contributed by atoms with van der Waals surface area (Å²) < 4.78 is 12.9. The van der Waals surface area contributed by atoms with E-state index in [0.717, 1.165) is 35.4 Å². The Bertz CT molecular complexity index is 1040. The van der Waals surface area contributed by atoms with Crippen molar-refractivity contribution in [2.24, 2.45) is 0 Å². The van der Waals surface area contributed by atoms with Crippen molar-refractivity contribution in [1.29, 1.82) is 0 Å². The summed E-state index contributed by atoms with van der Waals surface area (Å²) in [6.07, 6.45) is 4.32. The highest BCUT2D eigenvalue weighted by Gasteiger charge is 2.52. The third kappa shape index (κ3) is 5.15. The maximum Gasteiger partial charge on any atom is 0.338 e. The van der Waals surface area contributed by atoms with Crippen molar-refractivity contribution < 1.29 is 35.7 Å². The van der Waals surface area contributed by atoms with Crippen molar-refractivity contribution in [1.82, 2.24) is 0 Å². The van der Waals surface area contributed by atoms with Gasteiger partial charge in [0.1, 0.15) is 24.1 Å². The minimum atomic E-state index is -0.194.